The van der Waals surface area contributed by atoms with Crippen LogP contribution in [-0.4, -0.2) is 19.6 Å². The van der Waals surface area contributed by atoms with Gasteiger partial charge in [-0.25, -0.2) is 0 Å². The summed E-state index contributed by atoms with van der Waals surface area (Å²) in [6.07, 6.45) is 15.1. The summed E-state index contributed by atoms with van der Waals surface area (Å²) < 4.78 is 0. The fourth-order valence-corrected chi connectivity index (χ4v) is 4.62. The van der Waals surface area contributed by atoms with Gasteiger partial charge in [0.25, 0.3) is 0 Å². The SMILES string of the molecule is c1ccc(CCCCCCNC[C@@H]2C[C@H]2CCCCCCNCc2ccccc2)cc1. The Bertz CT molecular complexity index is 610. The molecule has 2 heteroatoms. The summed E-state index contributed by atoms with van der Waals surface area (Å²) >= 11 is 0. The van der Waals surface area contributed by atoms with Crippen molar-refractivity contribution in [3.63, 3.8) is 0 Å². The van der Waals surface area contributed by atoms with Crippen LogP contribution in [0.2, 0.25) is 0 Å². The van der Waals surface area contributed by atoms with Gasteiger partial charge in [0, 0.05) is 6.54 Å². The highest BCUT2D eigenvalue weighted by Gasteiger charge is 2.35. The zero-order valence-corrected chi connectivity index (χ0v) is 19.5. The number of benzene rings is 2. The third-order valence-corrected chi connectivity index (χ3v) is 6.74. The molecular weight excluding hydrogens is 376 g/mol. The van der Waals surface area contributed by atoms with E-state index >= 15 is 0 Å². The van der Waals surface area contributed by atoms with E-state index in [1.165, 1.54) is 94.8 Å². The summed E-state index contributed by atoms with van der Waals surface area (Å²) in [4.78, 5) is 0. The molecule has 0 heterocycles. The molecule has 2 N–H and O–H groups in total. The maximum atomic E-state index is 3.72. The molecule has 2 atom stereocenters. The van der Waals surface area contributed by atoms with Crippen molar-refractivity contribution in [3.05, 3.63) is 71.8 Å². The molecule has 3 rings (SSSR count). The van der Waals surface area contributed by atoms with Crippen LogP contribution in [0, 0.1) is 11.8 Å². The summed E-state index contributed by atoms with van der Waals surface area (Å²) in [5.74, 6) is 2.00. The van der Waals surface area contributed by atoms with Crippen molar-refractivity contribution in [2.45, 2.75) is 77.2 Å². The van der Waals surface area contributed by atoms with Crippen LogP contribution in [0.4, 0.5) is 0 Å². The molecule has 0 bridgehead atoms. The van der Waals surface area contributed by atoms with Crippen LogP contribution in [0.5, 0.6) is 0 Å². The highest BCUT2D eigenvalue weighted by atomic mass is 14.9. The molecule has 0 unspecified atom stereocenters. The van der Waals surface area contributed by atoms with Crippen molar-refractivity contribution in [2.75, 3.05) is 19.6 Å². The van der Waals surface area contributed by atoms with Gasteiger partial charge in [0.15, 0.2) is 0 Å². The number of unbranched alkanes of at least 4 members (excludes halogenated alkanes) is 6. The van der Waals surface area contributed by atoms with E-state index in [2.05, 4.69) is 71.3 Å². The van der Waals surface area contributed by atoms with Crippen LogP contribution in [0.3, 0.4) is 0 Å². The lowest BCUT2D eigenvalue weighted by atomic mass is 10.1. The molecule has 0 amide bonds. The highest BCUT2D eigenvalue weighted by Crippen LogP contribution is 2.41. The number of nitrogens with one attached hydrogen (secondary N) is 2. The van der Waals surface area contributed by atoms with Gasteiger partial charge in [-0.3, -0.25) is 0 Å². The lowest BCUT2D eigenvalue weighted by Crippen LogP contribution is -2.18. The standard InChI is InChI=1S/C29H44N2/c1(7-15-26-16-8-5-9-17-26)3-14-22-31-25-29-23-28(29)20-12-2-4-13-21-30-24-27-18-10-6-11-19-27/h5-6,8-11,16-19,28-31H,1-4,7,12-15,20-25H2/t28-,29+/m1/s1. The van der Waals surface area contributed by atoms with Crippen molar-refractivity contribution in [3.8, 4) is 0 Å². The van der Waals surface area contributed by atoms with Crippen molar-refractivity contribution in [1.82, 2.24) is 10.6 Å². The summed E-state index contributed by atoms with van der Waals surface area (Å²) in [6, 6.07) is 21.6. The van der Waals surface area contributed by atoms with E-state index in [0.29, 0.717) is 0 Å². The van der Waals surface area contributed by atoms with E-state index in [-0.39, 0.29) is 0 Å². The summed E-state index contributed by atoms with van der Waals surface area (Å²) in [5, 5.41) is 7.28. The second-order valence-corrected chi connectivity index (χ2v) is 9.48. The van der Waals surface area contributed by atoms with Crippen molar-refractivity contribution < 1.29 is 0 Å². The molecule has 2 aromatic rings. The minimum Gasteiger partial charge on any atom is -0.316 e. The Hall–Kier alpha value is -1.64. The molecular formula is C29H44N2. The average molecular weight is 421 g/mol. The predicted octanol–water partition coefficient (Wildman–Crippen LogP) is 6.76. The van der Waals surface area contributed by atoms with Crippen molar-refractivity contribution in [1.29, 1.82) is 0 Å². The van der Waals surface area contributed by atoms with Gasteiger partial charge in [-0.2, -0.15) is 0 Å². The van der Waals surface area contributed by atoms with Gasteiger partial charge in [-0.1, -0.05) is 99.2 Å². The first-order chi connectivity index (χ1) is 15.4. The smallest absolute Gasteiger partial charge is 0.0205 e. The molecule has 0 radical (unpaired) electrons. The quantitative estimate of drug-likeness (QED) is 0.260. The summed E-state index contributed by atoms with van der Waals surface area (Å²) in [7, 11) is 0. The third kappa shape index (κ3) is 11.0. The van der Waals surface area contributed by atoms with E-state index in [0.717, 1.165) is 24.9 Å². The van der Waals surface area contributed by atoms with Gasteiger partial charge < -0.3 is 10.6 Å². The number of aryl methyl sites for hydroxylation is 1. The second kappa shape index (κ2) is 15.2. The predicted molar refractivity (Wildman–Crippen MR) is 134 cm³/mol. The maximum Gasteiger partial charge on any atom is 0.0205 e. The molecule has 1 aliphatic rings. The molecule has 1 fully saturated rings. The minimum atomic E-state index is 0.977. The molecule has 0 aliphatic heterocycles. The lowest BCUT2D eigenvalue weighted by Gasteiger charge is -2.06. The maximum absolute atomic E-state index is 3.72. The summed E-state index contributed by atoms with van der Waals surface area (Å²) in [5.41, 5.74) is 2.87. The van der Waals surface area contributed by atoms with E-state index in [9.17, 15) is 0 Å². The van der Waals surface area contributed by atoms with E-state index in [1.807, 2.05) is 0 Å². The van der Waals surface area contributed by atoms with Crippen LogP contribution in [0.15, 0.2) is 60.7 Å². The average Bonchev–Trinajstić information content (AvgIpc) is 3.57. The zero-order valence-electron chi connectivity index (χ0n) is 19.5. The Balaban J connectivity index is 1.03. The first kappa shape index (κ1) is 24.0. The number of rotatable bonds is 18. The molecule has 0 aromatic heterocycles. The van der Waals surface area contributed by atoms with Crippen LogP contribution in [0.25, 0.3) is 0 Å². The van der Waals surface area contributed by atoms with Crippen LogP contribution in [0.1, 0.15) is 75.3 Å². The van der Waals surface area contributed by atoms with Crippen LogP contribution in [-0.2, 0) is 13.0 Å². The Morgan fingerprint density at radius 2 is 1.19 bits per heavy atom. The van der Waals surface area contributed by atoms with Crippen LogP contribution < -0.4 is 10.6 Å². The van der Waals surface area contributed by atoms with Gasteiger partial charge in [0.05, 0.1) is 0 Å². The summed E-state index contributed by atoms with van der Waals surface area (Å²) in [6.45, 7) is 4.63. The molecule has 0 saturated heterocycles. The van der Waals surface area contributed by atoms with Gasteiger partial charge in [0.2, 0.25) is 0 Å². The Kier molecular flexibility index (Phi) is 11.8. The van der Waals surface area contributed by atoms with Gasteiger partial charge in [-0.05, 0) is 74.7 Å². The van der Waals surface area contributed by atoms with Gasteiger partial charge in [0.1, 0.15) is 0 Å². The van der Waals surface area contributed by atoms with Gasteiger partial charge >= 0.3 is 0 Å². The van der Waals surface area contributed by atoms with E-state index in [1.54, 1.807) is 0 Å². The fourth-order valence-electron chi connectivity index (χ4n) is 4.62. The highest BCUT2D eigenvalue weighted by molar-refractivity contribution is 5.15. The molecule has 31 heavy (non-hydrogen) atoms. The van der Waals surface area contributed by atoms with E-state index < -0.39 is 0 Å². The molecule has 170 valence electrons. The zero-order chi connectivity index (χ0) is 21.4. The van der Waals surface area contributed by atoms with Crippen molar-refractivity contribution in [2.24, 2.45) is 11.8 Å². The topological polar surface area (TPSA) is 24.1 Å². The number of hydrogen-bond donors (Lipinski definition) is 2. The third-order valence-electron chi connectivity index (χ3n) is 6.74. The Labute approximate surface area is 191 Å². The van der Waals surface area contributed by atoms with Crippen molar-refractivity contribution >= 4 is 0 Å². The molecule has 1 saturated carbocycles. The normalized spacial score (nSPS) is 17.7. The molecule has 2 nitrogen and oxygen atoms in total. The fraction of sp³-hybridized carbons (Fsp3) is 0.586. The molecule has 1 aliphatic carbocycles. The largest absolute Gasteiger partial charge is 0.316 e. The molecule has 2 aromatic carbocycles. The first-order valence-electron chi connectivity index (χ1n) is 12.9. The van der Waals surface area contributed by atoms with E-state index in [4.69, 9.17) is 0 Å². The molecule has 0 spiro atoms. The van der Waals surface area contributed by atoms with Crippen LogP contribution >= 0.6 is 0 Å². The Morgan fingerprint density at radius 1 is 0.581 bits per heavy atom. The lowest BCUT2D eigenvalue weighted by molar-refractivity contribution is 0.520. The van der Waals surface area contributed by atoms with Gasteiger partial charge in [-0.15, -0.1) is 0 Å². The number of hydrogen-bond acceptors (Lipinski definition) is 2. The first-order valence-corrected chi connectivity index (χ1v) is 12.9. The second-order valence-electron chi connectivity index (χ2n) is 9.48. The monoisotopic (exact) mass is 420 g/mol. The minimum absolute atomic E-state index is 0.977. The Morgan fingerprint density at radius 3 is 1.94 bits per heavy atom.